The van der Waals surface area contributed by atoms with Crippen LogP contribution in [0.4, 0.5) is 10.8 Å². The molecule has 138 valence electrons. The number of carbonyl (C=O) groups excluding carboxylic acids is 1. The van der Waals surface area contributed by atoms with Crippen molar-refractivity contribution in [3.8, 4) is 0 Å². The van der Waals surface area contributed by atoms with Crippen LogP contribution in [-0.2, 0) is 6.54 Å². The van der Waals surface area contributed by atoms with E-state index in [4.69, 9.17) is 0 Å². The zero-order chi connectivity index (χ0) is 18.7. The van der Waals surface area contributed by atoms with Crippen LogP contribution in [-0.4, -0.2) is 33.8 Å². The van der Waals surface area contributed by atoms with Crippen LogP contribution in [0.15, 0.2) is 23.6 Å². The molecule has 1 aromatic heterocycles. The fourth-order valence-electron chi connectivity index (χ4n) is 3.21. The van der Waals surface area contributed by atoms with Gasteiger partial charge in [-0.1, -0.05) is 13.0 Å². The van der Waals surface area contributed by atoms with Gasteiger partial charge in [-0.2, -0.15) is 0 Å². The third-order valence-corrected chi connectivity index (χ3v) is 5.37. The lowest BCUT2D eigenvalue weighted by atomic mass is 10.0. The van der Waals surface area contributed by atoms with Crippen molar-refractivity contribution in [2.45, 2.75) is 33.2 Å². The Morgan fingerprint density at radius 1 is 1.50 bits per heavy atom. The highest BCUT2D eigenvalue weighted by Crippen LogP contribution is 2.23. The maximum atomic E-state index is 12.4. The summed E-state index contributed by atoms with van der Waals surface area (Å²) in [7, 11) is 0. The van der Waals surface area contributed by atoms with Crippen LogP contribution in [0.2, 0.25) is 0 Å². The summed E-state index contributed by atoms with van der Waals surface area (Å²) < 4.78 is 0. The number of piperidine rings is 1. The number of nitrogens with zero attached hydrogens (tertiary/aromatic N) is 3. The van der Waals surface area contributed by atoms with E-state index in [2.05, 4.69) is 22.1 Å². The zero-order valence-corrected chi connectivity index (χ0v) is 15.7. The van der Waals surface area contributed by atoms with Crippen LogP contribution in [0.3, 0.4) is 0 Å². The van der Waals surface area contributed by atoms with Crippen molar-refractivity contribution in [3.63, 3.8) is 0 Å². The van der Waals surface area contributed by atoms with Crippen molar-refractivity contribution in [1.82, 2.24) is 9.88 Å². The Morgan fingerprint density at radius 2 is 2.31 bits per heavy atom. The number of hydrogen-bond acceptors (Lipinski definition) is 6. The minimum atomic E-state index is -0.479. The van der Waals surface area contributed by atoms with Crippen LogP contribution in [0, 0.1) is 23.0 Å². The predicted molar refractivity (Wildman–Crippen MR) is 102 cm³/mol. The molecule has 1 fully saturated rings. The van der Waals surface area contributed by atoms with E-state index in [0.29, 0.717) is 16.6 Å². The van der Waals surface area contributed by atoms with Crippen molar-refractivity contribution in [2.24, 2.45) is 5.92 Å². The van der Waals surface area contributed by atoms with Crippen molar-refractivity contribution in [2.75, 3.05) is 18.4 Å². The average molecular weight is 374 g/mol. The molecule has 8 heteroatoms. The first-order valence-corrected chi connectivity index (χ1v) is 9.53. The number of nitro benzene ring substituents is 1. The van der Waals surface area contributed by atoms with Gasteiger partial charge in [0, 0.05) is 35.7 Å². The summed E-state index contributed by atoms with van der Waals surface area (Å²) in [5.74, 6) is 0.319. The van der Waals surface area contributed by atoms with E-state index in [1.807, 2.05) is 5.38 Å². The van der Waals surface area contributed by atoms with Gasteiger partial charge in [0.05, 0.1) is 10.6 Å². The molecular weight excluding hydrogens is 352 g/mol. The van der Waals surface area contributed by atoms with E-state index in [1.165, 1.54) is 30.2 Å². The van der Waals surface area contributed by atoms with Crippen LogP contribution in [0.25, 0.3) is 0 Å². The lowest BCUT2D eigenvalue weighted by molar-refractivity contribution is -0.385. The highest BCUT2D eigenvalue weighted by atomic mass is 32.1. The third kappa shape index (κ3) is 4.44. The fourth-order valence-corrected chi connectivity index (χ4v) is 3.91. The lowest BCUT2D eigenvalue weighted by Gasteiger charge is -2.30. The van der Waals surface area contributed by atoms with Gasteiger partial charge in [0.2, 0.25) is 0 Å². The number of aryl methyl sites for hydroxylation is 1. The van der Waals surface area contributed by atoms with E-state index in [-0.39, 0.29) is 17.2 Å². The van der Waals surface area contributed by atoms with Gasteiger partial charge >= 0.3 is 0 Å². The quantitative estimate of drug-likeness (QED) is 0.634. The van der Waals surface area contributed by atoms with E-state index < -0.39 is 4.92 Å². The molecule has 7 nitrogen and oxygen atoms in total. The van der Waals surface area contributed by atoms with Crippen LogP contribution in [0.1, 0.15) is 41.4 Å². The number of rotatable bonds is 5. The van der Waals surface area contributed by atoms with Crippen LogP contribution in [0.5, 0.6) is 0 Å². The number of nitrogens with one attached hydrogen (secondary N) is 1. The molecule has 0 radical (unpaired) electrons. The third-order valence-electron chi connectivity index (χ3n) is 4.57. The minimum absolute atomic E-state index is 0.0586. The molecular formula is C18H22N4O3S. The smallest absolute Gasteiger partial charge is 0.273 e. The summed E-state index contributed by atoms with van der Waals surface area (Å²) in [4.78, 5) is 29.8. The molecule has 3 rings (SSSR count). The second-order valence-electron chi connectivity index (χ2n) is 6.84. The Bertz CT molecular complexity index is 821. The molecule has 0 spiro atoms. The van der Waals surface area contributed by atoms with E-state index in [0.717, 1.165) is 25.3 Å². The number of aromatic nitrogens is 1. The van der Waals surface area contributed by atoms with Gasteiger partial charge < -0.3 is 0 Å². The number of hydrogen-bond donors (Lipinski definition) is 1. The highest BCUT2D eigenvalue weighted by Gasteiger charge is 2.19. The molecule has 1 aromatic carbocycles. The van der Waals surface area contributed by atoms with Gasteiger partial charge in [-0.05, 0) is 38.3 Å². The SMILES string of the molecule is Cc1ccc(C(=O)Nc2nc(CN3CCCC(C)C3)cs2)cc1[N+](=O)[O-]. The van der Waals surface area contributed by atoms with Crippen LogP contribution < -0.4 is 5.32 Å². The molecule has 0 saturated carbocycles. The predicted octanol–water partition coefficient (Wildman–Crippen LogP) is 3.84. The molecule has 0 aliphatic carbocycles. The number of nitro groups is 1. The first-order chi connectivity index (χ1) is 12.4. The monoisotopic (exact) mass is 374 g/mol. The number of amides is 1. The fraction of sp³-hybridized carbons (Fsp3) is 0.444. The van der Waals surface area contributed by atoms with Gasteiger partial charge in [-0.3, -0.25) is 25.1 Å². The summed E-state index contributed by atoms with van der Waals surface area (Å²) in [6.45, 7) is 6.85. The number of benzene rings is 1. The first kappa shape index (κ1) is 18.5. The highest BCUT2D eigenvalue weighted by molar-refractivity contribution is 7.13. The van der Waals surface area contributed by atoms with Gasteiger partial charge in [-0.15, -0.1) is 11.3 Å². The number of likely N-dealkylation sites (tertiary alicyclic amines) is 1. The van der Waals surface area contributed by atoms with Gasteiger partial charge in [0.1, 0.15) is 0 Å². The van der Waals surface area contributed by atoms with Crippen molar-refractivity contribution in [3.05, 3.63) is 50.5 Å². The largest absolute Gasteiger partial charge is 0.298 e. The standard InChI is InChI=1S/C18H22N4O3S/c1-12-4-3-7-21(9-12)10-15-11-26-18(19-15)20-17(23)14-6-5-13(2)16(8-14)22(24)25/h5-6,8,11-12H,3-4,7,9-10H2,1-2H3,(H,19,20,23). The van der Waals surface area contributed by atoms with Crippen LogP contribution >= 0.6 is 11.3 Å². The first-order valence-electron chi connectivity index (χ1n) is 8.65. The molecule has 1 aliphatic rings. The second kappa shape index (κ2) is 7.92. The Hall–Kier alpha value is -2.32. The molecule has 2 heterocycles. The summed E-state index contributed by atoms with van der Waals surface area (Å²) >= 11 is 1.37. The van der Waals surface area contributed by atoms with Crippen molar-refractivity contribution < 1.29 is 9.72 Å². The molecule has 0 bridgehead atoms. The zero-order valence-electron chi connectivity index (χ0n) is 14.9. The molecule has 1 amide bonds. The summed E-state index contributed by atoms with van der Waals surface area (Å²) in [6, 6.07) is 4.47. The molecule has 1 aliphatic heterocycles. The maximum absolute atomic E-state index is 12.4. The summed E-state index contributed by atoms with van der Waals surface area (Å²) in [6.07, 6.45) is 2.48. The minimum Gasteiger partial charge on any atom is -0.298 e. The second-order valence-corrected chi connectivity index (χ2v) is 7.70. The van der Waals surface area contributed by atoms with Crippen molar-refractivity contribution >= 4 is 28.1 Å². The number of carbonyl (C=O) groups is 1. The van der Waals surface area contributed by atoms with E-state index in [1.54, 1.807) is 19.1 Å². The lowest BCUT2D eigenvalue weighted by Crippen LogP contribution is -2.33. The van der Waals surface area contributed by atoms with E-state index >= 15 is 0 Å². The molecule has 1 atom stereocenters. The van der Waals surface area contributed by atoms with Gasteiger partial charge in [0.15, 0.2) is 5.13 Å². The Kier molecular flexibility index (Phi) is 5.63. The molecule has 1 N–H and O–H groups in total. The summed E-state index contributed by atoms with van der Waals surface area (Å²) in [5, 5.41) is 16.2. The average Bonchev–Trinajstić information content (AvgIpc) is 3.01. The van der Waals surface area contributed by atoms with Gasteiger partial charge in [0.25, 0.3) is 11.6 Å². The molecule has 1 saturated heterocycles. The molecule has 2 aromatic rings. The number of anilines is 1. The summed E-state index contributed by atoms with van der Waals surface area (Å²) in [5.41, 5.74) is 1.66. The Labute approximate surface area is 156 Å². The molecule has 26 heavy (non-hydrogen) atoms. The Morgan fingerprint density at radius 3 is 3.04 bits per heavy atom. The topological polar surface area (TPSA) is 88.4 Å². The van der Waals surface area contributed by atoms with E-state index in [9.17, 15) is 14.9 Å². The Balaban J connectivity index is 1.64. The normalized spacial score (nSPS) is 17.8. The number of thiazole rings is 1. The van der Waals surface area contributed by atoms with Crippen molar-refractivity contribution in [1.29, 1.82) is 0 Å². The maximum Gasteiger partial charge on any atom is 0.273 e. The molecule has 1 unspecified atom stereocenters. The van der Waals surface area contributed by atoms with Gasteiger partial charge in [-0.25, -0.2) is 4.98 Å².